The van der Waals surface area contributed by atoms with E-state index in [1.807, 2.05) is 6.92 Å². The summed E-state index contributed by atoms with van der Waals surface area (Å²) >= 11 is 0. The van der Waals surface area contributed by atoms with E-state index in [1.165, 1.54) is 6.08 Å². The molecule has 1 heterocycles. The molecule has 0 amide bonds. The number of hydrogen-bond acceptors (Lipinski definition) is 2. The Labute approximate surface area is 116 Å². The molecule has 0 N–H and O–H groups in total. The van der Waals surface area contributed by atoms with Crippen LogP contribution in [0.5, 0.6) is 0 Å². The van der Waals surface area contributed by atoms with Crippen molar-refractivity contribution in [3.63, 3.8) is 0 Å². The van der Waals surface area contributed by atoms with Crippen molar-refractivity contribution in [2.45, 2.75) is 33.2 Å². The van der Waals surface area contributed by atoms with E-state index in [0.717, 1.165) is 31.8 Å². The second kappa shape index (κ2) is 7.17. The Balaban J connectivity index is 2.90. The first-order chi connectivity index (χ1) is 9.04. The molecule has 1 unspecified atom stereocenters. The predicted molar refractivity (Wildman–Crippen MR) is 80.3 cm³/mol. The van der Waals surface area contributed by atoms with Crippen LogP contribution in [-0.4, -0.2) is 35.5 Å². The molecule has 0 spiro atoms. The zero-order valence-electron chi connectivity index (χ0n) is 12.3. The standard InChI is InChI=1S/C16H25FN2/c1-6-9-16(15(17)8-3)18-10-11-19(13(4)5)14(7-2)12-18/h6,8-9,14H,1,4,7,10-12H2,2-3,5H3/b15-8+,16-9+. The third kappa shape index (κ3) is 3.72. The SMILES string of the molecule is C=C/C=C(\C(F)=C/C)N1CCN(C(=C)C)C(CC)C1. The molecule has 1 rings (SSSR count). The zero-order valence-corrected chi connectivity index (χ0v) is 12.3. The van der Waals surface area contributed by atoms with E-state index in [0.29, 0.717) is 11.7 Å². The maximum Gasteiger partial charge on any atom is 0.142 e. The summed E-state index contributed by atoms with van der Waals surface area (Å²) in [6.07, 6.45) is 5.92. The Morgan fingerprint density at radius 2 is 2.11 bits per heavy atom. The predicted octanol–water partition coefficient (Wildman–Crippen LogP) is 3.86. The Kier molecular flexibility index (Phi) is 5.87. The fourth-order valence-corrected chi connectivity index (χ4v) is 2.52. The molecule has 0 radical (unpaired) electrons. The number of piperazine rings is 1. The number of rotatable bonds is 5. The van der Waals surface area contributed by atoms with Crippen LogP contribution in [0.3, 0.4) is 0 Å². The van der Waals surface area contributed by atoms with Gasteiger partial charge in [-0.05, 0) is 32.4 Å². The van der Waals surface area contributed by atoms with Crippen molar-refractivity contribution in [3.8, 4) is 0 Å². The van der Waals surface area contributed by atoms with Gasteiger partial charge in [0.25, 0.3) is 0 Å². The molecule has 1 atom stereocenters. The maximum atomic E-state index is 13.9. The number of hydrogen-bond donors (Lipinski definition) is 0. The van der Waals surface area contributed by atoms with Crippen molar-refractivity contribution in [2.75, 3.05) is 19.6 Å². The third-order valence-corrected chi connectivity index (χ3v) is 3.56. The summed E-state index contributed by atoms with van der Waals surface area (Å²) < 4.78 is 13.9. The first-order valence-electron chi connectivity index (χ1n) is 6.87. The minimum Gasteiger partial charge on any atom is -0.369 e. The van der Waals surface area contributed by atoms with Gasteiger partial charge in [0.2, 0.25) is 0 Å². The summed E-state index contributed by atoms with van der Waals surface area (Å²) in [7, 11) is 0. The van der Waals surface area contributed by atoms with Gasteiger partial charge in [-0.15, -0.1) is 0 Å². The summed E-state index contributed by atoms with van der Waals surface area (Å²) in [5.74, 6) is -0.182. The molecule has 0 aromatic heterocycles. The van der Waals surface area contributed by atoms with Crippen LogP contribution in [-0.2, 0) is 0 Å². The number of allylic oxidation sites excluding steroid dienone is 5. The summed E-state index contributed by atoms with van der Waals surface area (Å²) in [4.78, 5) is 4.42. The van der Waals surface area contributed by atoms with Crippen molar-refractivity contribution in [1.29, 1.82) is 0 Å². The van der Waals surface area contributed by atoms with Gasteiger partial charge in [-0.3, -0.25) is 0 Å². The van der Waals surface area contributed by atoms with Gasteiger partial charge >= 0.3 is 0 Å². The zero-order chi connectivity index (χ0) is 14.4. The van der Waals surface area contributed by atoms with Crippen LogP contribution >= 0.6 is 0 Å². The van der Waals surface area contributed by atoms with E-state index in [2.05, 4.69) is 29.9 Å². The highest BCUT2D eigenvalue weighted by molar-refractivity contribution is 5.28. The topological polar surface area (TPSA) is 6.48 Å². The molecule has 1 saturated heterocycles. The van der Waals surface area contributed by atoms with E-state index in [4.69, 9.17) is 0 Å². The van der Waals surface area contributed by atoms with Crippen LogP contribution in [0.1, 0.15) is 27.2 Å². The Hall–Kier alpha value is -1.51. The second-order valence-electron chi connectivity index (χ2n) is 4.86. The Bertz CT molecular complexity index is 396. The molecule has 0 aliphatic carbocycles. The molecule has 0 bridgehead atoms. The van der Waals surface area contributed by atoms with E-state index < -0.39 is 0 Å². The average Bonchev–Trinajstić information content (AvgIpc) is 2.43. The summed E-state index contributed by atoms with van der Waals surface area (Å²) in [6, 6.07) is 0.393. The molecular formula is C16H25FN2. The monoisotopic (exact) mass is 264 g/mol. The van der Waals surface area contributed by atoms with E-state index in [1.54, 1.807) is 19.1 Å². The molecule has 19 heavy (non-hydrogen) atoms. The highest BCUT2D eigenvalue weighted by Gasteiger charge is 2.27. The molecule has 0 saturated carbocycles. The summed E-state index contributed by atoms with van der Waals surface area (Å²) in [5, 5.41) is 0. The molecule has 106 valence electrons. The van der Waals surface area contributed by atoms with Crippen molar-refractivity contribution < 1.29 is 4.39 Å². The minimum atomic E-state index is -0.182. The largest absolute Gasteiger partial charge is 0.369 e. The van der Waals surface area contributed by atoms with Crippen molar-refractivity contribution in [2.24, 2.45) is 0 Å². The molecular weight excluding hydrogens is 239 g/mol. The lowest BCUT2D eigenvalue weighted by Crippen LogP contribution is -2.51. The van der Waals surface area contributed by atoms with E-state index >= 15 is 0 Å². The lowest BCUT2D eigenvalue weighted by atomic mass is 10.1. The fraction of sp³-hybridized carbons (Fsp3) is 0.500. The van der Waals surface area contributed by atoms with Crippen LogP contribution < -0.4 is 0 Å². The third-order valence-electron chi connectivity index (χ3n) is 3.56. The molecule has 3 heteroatoms. The van der Waals surface area contributed by atoms with Gasteiger partial charge in [0, 0.05) is 31.4 Å². The smallest absolute Gasteiger partial charge is 0.142 e. The number of halogens is 1. The highest BCUT2D eigenvalue weighted by Crippen LogP contribution is 2.24. The maximum absolute atomic E-state index is 13.9. The first kappa shape index (κ1) is 15.5. The summed E-state index contributed by atoms with van der Waals surface area (Å²) in [6.45, 7) is 16.1. The van der Waals surface area contributed by atoms with Crippen molar-refractivity contribution in [3.05, 3.63) is 48.6 Å². The van der Waals surface area contributed by atoms with Gasteiger partial charge in [0.1, 0.15) is 5.83 Å². The number of nitrogens with zero attached hydrogens (tertiary/aromatic N) is 2. The van der Waals surface area contributed by atoms with Gasteiger partial charge in [-0.25, -0.2) is 4.39 Å². The van der Waals surface area contributed by atoms with Gasteiger partial charge in [-0.1, -0.05) is 26.2 Å². The van der Waals surface area contributed by atoms with Crippen LogP contribution in [0.25, 0.3) is 0 Å². The molecule has 0 aromatic rings. The van der Waals surface area contributed by atoms with Gasteiger partial charge in [0.15, 0.2) is 0 Å². The fourth-order valence-electron chi connectivity index (χ4n) is 2.52. The first-order valence-corrected chi connectivity index (χ1v) is 6.87. The lowest BCUT2D eigenvalue weighted by Gasteiger charge is -2.44. The molecule has 1 aliphatic heterocycles. The molecule has 1 fully saturated rings. The molecule has 2 nitrogen and oxygen atoms in total. The quantitative estimate of drug-likeness (QED) is 0.696. The van der Waals surface area contributed by atoms with Crippen LogP contribution in [0.15, 0.2) is 48.6 Å². The Morgan fingerprint density at radius 1 is 1.42 bits per heavy atom. The Morgan fingerprint density at radius 3 is 2.58 bits per heavy atom. The second-order valence-corrected chi connectivity index (χ2v) is 4.86. The minimum absolute atomic E-state index is 0.182. The highest BCUT2D eigenvalue weighted by atomic mass is 19.1. The van der Waals surface area contributed by atoms with Gasteiger partial charge in [-0.2, -0.15) is 0 Å². The van der Waals surface area contributed by atoms with Crippen LogP contribution in [0.4, 0.5) is 4.39 Å². The van der Waals surface area contributed by atoms with Crippen LogP contribution in [0.2, 0.25) is 0 Å². The average molecular weight is 264 g/mol. The van der Waals surface area contributed by atoms with Crippen LogP contribution in [0, 0.1) is 0 Å². The van der Waals surface area contributed by atoms with Gasteiger partial charge < -0.3 is 9.80 Å². The van der Waals surface area contributed by atoms with E-state index in [9.17, 15) is 4.39 Å². The lowest BCUT2D eigenvalue weighted by molar-refractivity contribution is 0.123. The molecule has 0 aromatic carbocycles. The van der Waals surface area contributed by atoms with E-state index in [-0.39, 0.29) is 5.83 Å². The van der Waals surface area contributed by atoms with Gasteiger partial charge in [0.05, 0.1) is 5.70 Å². The molecule has 1 aliphatic rings. The normalized spacial score (nSPS) is 21.6. The van der Waals surface area contributed by atoms with Crippen molar-refractivity contribution >= 4 is 0 Å². The summed E-state index contributed by atoms with van der Waals surface area (Å²) in [5.41, 5.74) is 1.73. The van der Waals surface area contributed by atoms with Crippen molar-refractivity contribution in [1.82, 2.24) is 9.80 Å².